The Kier molecular flexibility index (Phi) is 8.11. The Labute approximate surface area is 121 Å². The van der Waals surface area contributed by atoms with Gasteiger partial charge in [0.2, 0.25) is 11.8 Å². The molecule has 0 aliphatic carbocycles. The highest BCUT2D eigenvalue weighted by Gasteiger charge is 2.05. The largest absolute Gasteiger partial charge is 0.355 e. The van der Waals surface area contributed by atoms with Crippen molar-refractivity contribution in [3.8, 4) is 0 Å². The summed E-state index contributed by atoms with van der Waals surface area (Å²) in [6.45, 7) is 2.90. The van der Waals surface area contributed by atoms with E-state index in [2.05, 4.69) is 17.6 Å². The topological polar surface area (TPSA) is 58.2 Å². The zero-order valence-electron chi connectivity index (χ0n) is 12.2. The second-order valence-electron chi connectivity index (χ2n) is 4.85. The third-order valence-electron chi connectivity index (χ3n) is 3.01. The lowest BCUT2D eigenvalue weighted by Crippen LogP contribution is -2.37. The summed E-state index contributed by atoms with van der Waals surface area (Å²) in [5, 5.41) is 5.44. The molecule has 0 unspecified atom stereocenters. The van der Waals surface area contributed by atoms with Gasteiger partial charge in [-0.25, -0.2) is 0 Å². The quantitative estimate of drug-likeness (QED) is 0.678. The summed E-state index contributed by atoms with van der Waals surface area (Å²) in [7, 11) is 0. The summed E-state index contributed by atoms with van der Waals surface area (Å²) in [6, 6.07) is 9.49. The van der Waals surface area contributed by atoms with Crippen LogP contribution in [0.3, 0.4) is 0 Å². The first kappa shape index (κ1) is 16.2. The van der Waals surface area contributed by atoms with E-state index in [1.165, 1.54) is 12.8 Å². The van der Waals surface area contributed by atoms with E-state index in [-0.39, 0.29) is 18.4 Å². The maximum absolute atomic E-state index is 11.6. The summed E-state index contributed by atoms with van der Waals surface area (Å²) in [6.07, 6.45) is 4.83. The minimum Gasteiger partial charge on any atom is -0.355 e. The molecule has 20 heavy (non-hydrogen) atoms. The van der Waals surface area contributed by atoms with Crippen LogP contribution in [0, 0.1) is 0 Å². The van der Waals surface area contributed by atoms with Gasteiger partial charge < -0.3 is 10.6 Å². The maximum Gasteiger partial charge on any atom is 0.239 e. The van der Waals surface area contributed by atoms with Crippen LogP contribution in [0.4, 0.5) is 0 Å². The van der Waals surface area contributed by atoms with E-state index < -0.39 is 0 Å². The van der Waals surface area contributed by atoms with Gasteiger partial charge in [0, 0.05) is 6.54 Å². The maximum atomic E-state index is 11.6. The van der Waals surface area contributed by atoms with Gasteiger partial charge in [0.25, 0.3) is 0 Å². The Hall–Kier alpha value is -1.84. The first-order valence-electron chi connectivity index (χ1n) is 7.29. The molecule has 4 heteroatoms. The number of carbonyl (C=O) groups is 2. The first-order valence-corrected chi connectivity index (χ1v) is 7.29. The van der Waals surface area contributed by atoms with Crippen molar-refractivity contribution >= 4 is 11.8 Å². The number of amides is 2. The van der Waals surface area contributed by atoms with E-state index in [9.17, 15) is 9.59 Å². The Balaban J connectivity index is 2.10. The van der Waals surface area contributed by atoms with Gasteiger partial charge in [-0.3, -0.25) is 9.59 Å². The van der Waals surface area contributed by atoms with Crippen LogP contribution in [0.5, 0.6) is 0 Å². The molecule has 0 atom stereocenters. The van der Waals surface area contributed by atoms with Crippen LogP contribution in [0.2, 0.25) is 0 Å². The van der Waals surface area contributed by atoms with E-state index in [1.54, 1.807) is 0 Å². The number of carbonyl (C=O) groups excluding carboxylic acids is 2. The van der Waals surface area contributed by atoms with Crippen molar-refractivity contribution in [1.29, 1.82) is 0 Å². The van der Waals surface area contributed by atoms with Crippen LogP contribution in [-0.4, -0.2) is 24.9 Å². The van der Waals surface area contributed by atoms with Gasteiger partial charge in [-0.1, -0.05) is 56.5 Å². The van der Waals surface area contributed by atoms with E-state index in [0.29, 0.717) is 13.0 Å². The molecule has 1 aromatic carbocycles. The predicted molar refractivity (Wildman–Crippen MR) is 80.3 cm³/mol. The van der Waals surface area contributed by atoms with Gasteiger partial charge in [0.1, 0.15) is 0 Å². The predicted octanol–water partition coefficient (Wildman–Crippen LogP) is 2.04. The summed E-state index contributed by atoms with van der Waals surface area (Å²) < 4.78 is 0. The van der Waals surface area contributed by atoms with Gasteiger partial charge in [0.05, 0.1) is 13.0 Å². The number of rotatable bonds is 9. The van der Waals surface area contributed by atoms with Gasteiger partial charge >= 0.3 is 0 Å². The summed E-state index contributed by atoms with van der Waals surface area (Å²) in [5.41, 5.74) is 0.949. The summed E-state index contributed by atoms with van der Waals surface area (Å²) in [5.74, 6) is -0.250. The molecule has 2 amide bonds. The van der Waals surface area contributed by atoms with Crippen molar-refractivity contribution in [2.75, 3.05) is 13.1 Å². The molecular weight excluding hydrogens is 252 g/mol. The molecule has 0 bridgehead atoms. The zero-order chi connectivity index (χ0) is 14.6. The number of benzene rings is 1. The molecule has 0 aliphatic rings. The molecule has 0 spiro atoms. The van der Waals surface area contributed by atoms with E-state index in [1.807, 2.05) is 30.3 Å². The molecule has 0 fully saturated rings. The van der Waals surface area contributed by atoms with E-state index in [4.69, 9.17) is 0 Å². The highest BCUT2D eigenvalue weighted by atomic mass is 16.2. The molecule has 0 heterocycles. The fourth-order valence-electron chi connectivity index (χ4n) is 1.86. The minimum absolute atomic E-state index is 0.0550. The van der Waals surface area contributed by atoms with Crippen molar-refractivity contribution in [2.24, 2.45) is 0 Å². The third-order valence-corrected chi connectivity index (χ3v) is 3.01. The molecular formula is C16H24N2O2. The van der Waals surface area contributed by atoms with Crippen molar-refractivity contribution in [2.45, 2.75) is 39.0 Å². The lowest BCUT2D eigenvalue weighted by Gasteiger charge is -2.07. The summed E-state index contributed by atoms with van der Waals surface area (Å²) in [4.78, 5) is 23.1. The molecule has 2 N–H and O–H groups in total. The Morgan fingerprint density at radius 1 is 0.950 bits per heavy atom. The SMILES string of the molecule is CCCCCCNC(=O)CNC(=O)Cc1ccccc1. The van der Waals surface area contributed by atoms with Crippen LogP contribution >= 0.6 is 0 Å². The summed E-state index contributed by atoms with van der Waals surface area (Å²) >= 11 is 0. The molecule has 4 nitrogen and oxygen atoms in total. The Morgan fingerprint density at radius 2 is 1.70 bits per heavy atom. The molecule has 1 rings (SSSR count). The van der Waals surface area contributed by atoms with Crippen LogP contribution in [0.1, 0.15) is 38.2 Å². The fraction of sp³-hybridized carbons (Fsp3) is 0.500. The normalized spacial score (nSPS) is 10.1. The number of unbranched alkanes of at least 4 members (excludes halogenated alkanes) is 3. The average molecular weight is 276 g/mol. The monoisotopic (exact) mass is 276 g/mol. The fourth-order valence-corrected chi connectivity index (χ4v) is 1.86. The van der Waals surface area contributed by atoms with Gasteiger partial charge in [0.15, 0.2) is 0 Å². The van der Waals surface area contributed by atoms with Crippen molar-refractivity contribution in [1.82, 2.24) is 10.6 Å². The van der Waals surface area contributed by atoms with Crippen molar-refractivity contribution in [3.05, 3.63) is 35.9 Å². The minimum atomic E-state index is -0.127. The second-order valence-corrected chi connectivity index (χ2v) is 4.85. The second kappa shape index (κ2) is 10.0. The smallest absolute Gasteiger partial charge is 0.239 e. The Morgan fingerprint density at radius 3 is 2.40 bits per heavy atom. The first-order chi connectivity index (χ1) is 9.72. The van der Waals surface area contributed by atoms with Crippen LogP contribution < -0.4 is 10.6 Å². The van der Waals surface area contributed by atoms with Gasteiger partial charge in [-0.05, 0) is 12.0 Å². The third kappa shape index (κ3) is 7.56. The molecule has 1 aromatic rings. The number of hydrogen-bond acceptors (Lipinski definition) is 2. The molecule has 0 radical (unpaired) electrons. The average Bonchev–Trinajstić information content (AvgIpc) is 2.46. The van der Waals surface area contributed by atoms with Gasteiger partial charge in [-0.15, -0.1) is 0 Å². The van der Waals surface area contributed by atoms with E-state index >= 15 is 0 Å². The van der Waals surface area contributed by atoms with E-state index in [0.717, 1.165) is 18.4 Å². The highest BCUT2D eigenvalue weighted by Crippen LogP contribution is 1.99. The standard InChI is InChI=1S/C16H24N2O2/c1-2-3-4-8-11-17-16(20)13-18-15(19)12-14-9-6-5-7-10-14/h5-7,9-10H,2-4,8,11-13H2,1H3,(H,17,20)(H,18,19). The Bertz CT molecular complexity index is 404. The molecule has 0 aliphatic heterocycles. The van der Waals surface area contributed by atoms with Crippen molar-refractivity contribution < 1.29 is 9.59 Å². The van der Waals surface area contributed by atoms with Crippen molar-refractivity contribution in [3.63, 3.8) is 0 Å². The lowest BCUT2D eigenvalue weighted by atomic mass is 10.1. The number of hydrogen-bond donors (Lipinski definition) is 2. The van der Waals surface area contributed by atoms with Crippen LogP contribution in [0.15, 0.2) is 30.3 Å². The van der Waals surface area contributed by atoms with Crippen LogP contribution in [0.25, 0.3) is 0 Å². The highest BCUT2D eigenvalue weighted by molar-refractivity contribution is 5.85. The lowest BCUT2D eigenvalue weighted by molar-refractivity contribution is -0.125. The molecule has 110 valence electrons. The number of nitrogens with one attached hydrogen (secondary N) is 2. The van der Waals surface area contributed by atoms with Gasteiger partial charge in [-0.2, -0.15) is 0 Å². The molecule has 0 saturated heterocycles. The molecule has 0 saturated carbocycles. The zero-order valence-corrected chi connectivity index (χ0v) is 12.2. The molecule has 0 aromatic heterocycles. The van der Waals surface area contributed by atoms with Crippen LogP contribution in [-0.2, 0) is 16.0 Å².